The van der Waals surface area contributed by atoms with Gasteiger partial charge in [-0.3, -0.25) is 4.90 Å². The minimum absolute atomic E-state index is 0.894. The molecule has 0 aromatic carbocycles. The standard InChI is InChI=1S/C11H21N3S/c1-4-12-7-10-9-15-11(13-10)8-14(5-2)6-3/h9,12H,4-8H2,1-3H3. The van der Waals surface area contributed by atoms with Crippen LogP contribution in [0.3, 0.4) is 0 Å². The van der Waals surface area contributed by atoms with Gasteiger partial charge in [0.1, 0.15) is 5.01 Å². The van der Waals surface area contributed by atoms with Gasteiger partial charge in [-0.05, 0) is 19.6 Å². The number of nitrogens with one attached hydrogen (secondary N) is 1. The lowest BCUT2D eigenvalue weighted by Gasteiger charge is -2.15. The Kier molecular flexibility index (Phi) is 5.83. The highest BCUT2D eigenvalue weighted by atomic mass is 32.1. The second-order valence-corrected chi connectivity index (χ2v) is 4.42. The van der Waals surface area contributed by atoms with Crippen LogP contribution in [-0.2, 0) is 13.1 Å². The van der Waals surface area contributed by atoms with Gasteiger partial charge in [0, 0.05) is 11.9 Å². The van der Waals surface area contributed by atoms with Gasteiger partial charge in [-0.2, -0.15) is 0 Å². The summed E-state index contributed by atoms with van der Waals surface area (Å²) in [7, 11) is 0. The van der Waals surface area contributed by atoms with Crippen molar-refractivity contribution in [3.05, 3.63) is 16.1 Å². The van der Waals surface area contributed by atoms with E-state index < -0.39 is 0 Å². The fraction of sp³-hybridized carbons (Fsp3) is 0.727. The van der Waals surface area contributed by atoms with Crippen LogP contribution in [0.1, 0.15) is 31.5 Å². The van der Waals surface area contributed by atoms with Crippen molar-refractivity contribution < 1.29 is 0 Å². The maximum atomic E-state index is 4.60. The maximum absolute atomic E-state index is 4.60. The molecule has 4 heteroatoms. The van der Waals surface area contributed by atoms with Crippen molar-refractivity contribution in [2.24, 2.45) is 0 Å². The number of nitrogens with zero attached hydrogens (tertiary/aromatic N) is 2. The molecule has 86 valence electrons. The first kappa shape index (κ1) is 12.6. The van der Waals surface area contributed by atoms with Gasteiger partial charge in [-0.1, -0.05) is 20.8 Å². The van der Waals surface area contributed by atoms with E-state index in [1.807, 2.05) is 0 Å². The second kappa shape index (κ2) is 6.93. The van der Waals surface area contributed by atoms with Crippen molar-refractivity contribution in [1.29, 1.82) is 0 Å². The number of rotatable bonds is 7. The quantitative estimate of drug-likeness (QED) is 0.773. The topological polar surface area (TPSA) is 28.2 Å². The third-order valence-electron chi connectivity index (χ3n) is 2.41. The summed E-state index contributed by atoms with van der Waals surface area (Å²) in [6.07, 6.45) is 0. The zero-order valence-electron chi connectivity index (χ0n) is 9.92. The fourth-order valence-corrected chi connectivity index (χ4v) is 2.23. The number of aromatic nitrogens is 1. The molecule has 0 saturated carbocycles. The first-order valence-corrected chi connectivity index (χ1v) is 6.54. The molecule has 0 radical (unpaired) electrons. The van der Waals surface area contributed by atoms with Gasteiger partial charge in [0.25, 0.3) is 0 Å². The predicted molar refractivity (Wildman–Crippen MR) is 66.1 cm³/mol. The van der Waals surface area contributed by atoms with E-state index >= 15 is 0 Å². The largest absolute Gasteiger partial charge is 0.311 e. The molecule has 1 N–H and O–H groups in total. The van der Waals surface area contributed by atoms with Crippen molar-refractivity contribution in [2.75, 3.05) is 19.6 Å². The summed E-state index contributed by atoms with van der Waals surface area (Å²) in [5, 5.41) is 6.67. The molecule has 0 aliphatic heterocycles. The smallest absolute Gasteiger partial charge is 0.107 e. The molecule has 0 saturated heterocycles. The van der Waals surface area contributed by atoms with Gasteiger partial charge in [0.05, 0.1) is 12.2 Å². The molecule has 0 spiro atoms. The summed E-state index contributed by atoms with van der Waals surface area (Å²) in [5.41, 5.74) is 1.17. The van der Waals surface area contributed by atoms with Gasteiger partial charge >= 0.3 is 0 Å². The molecule has 0 bridgehead atoms. The van der Waals surface area contributed by atoms with E-state index in [9.17, 15) is 0 Å². The van der Waals surface area contributed by atoms with Gasteiger partial charge in [-0.25, -0.2) is 4.98 Å². The van der Waals surface area contributed by atoms with Crippen molar-refractivity contribution in [3.63, 3.8) is 0 Å². The summed E-state index contributed by atoms with van der Waals surface area (Å²) in [4.78, 5) is 6.98. The summed E-state index contributed by atoms with van der Waals surface area (Å²) in [6, 6.07) is 0. The van der Waals surface area contributed by atoms with Crippen LogP contribution < -0.4 is 5.32 Å². The van der Waals surface area contributed by atoms with E-state index in [4.69, 9.17) is 0 Å². The molecular weight excluding hydrogens is 206 g/mol. The molecule has 0 amide bonds. The molecule has 0 aliphatic carbocycles. The molecule has 0 atom stereocenters. The van der Waals surface area contributed by atoms with Crippen LogP contribution in [0.25, 0.3) is 0 Å². The van der Waals surface area contributed by atoms with Crippen molar-refractivity contribution in [2.45, 2.75) is 33.9 Å². The molecule has 0 unspecified atom stereocenters. The SMILES string of the molecule is CCNCc1csc(CN(CC)CC)n1. The summed E-state index contributed by atoms with van der Waals surface area (Å²) >= 11 is 1.77. The van der Waals surface area contributed by atoms with Crippen molar-refractivity contribution >= 4 is 11.3 Å². The molecule has 3 nitrogen and oxygen atoms in total. The molecule has 1 heterocycles. The third-order valence-corrected chi connectivity index (χ3v) is 3.29. The van der Waals surface area contributed by atoms with Crippen LogP contribution in [0, 0.1) is 0 Å². The molecule has 15 heavy (non-hydrogen) atoms. The van der Waals surface area contributed by atoms with Crippen molar-refractivity contribution in [1.82, 2.24) is 15.2 Å². The monoisotopic (exact) mass is 227 g/mol. The van der Waals surface area contributed by atoms with Gasteiger partial charge in [0.2, 0.25) is 0 Å². The van der Waals surface area contributed by atoms with E-state index in [-0.39, 0.29) is 0 Å². The minimum Gasteiger partial charge on any atom is -0.311 e. The van der Waals surface area contributed by atoms with Crippen LogP contribution in [-0.4, -0.2) is 29.5 Å². The highest BCUT2D eigenvalue weighted by Crippen LogP contribution is 2.12. The predicted octanol–water partition coefficient (Wildman–Crippen LogP) is 2.09. The minimum atomic E-state index is 0.894. The number of hydrogen-bond acceptors (Lipinski definition) is 4. The highest BCUT2D eigenvalue weighted by Gasteiger charge is 2.05. The Balaban J connectivity index is 2.44. The lowest BCUT2D eigenvalue weighted by atomic mass is 10.4. The summed E-state index contributed by atoms with van der Waals surface area (Å²) in [5.74, 6) is 0. The normalized spacial score (nSPS) is 11.2. The molecule has 1 rings (SSSR count). The van der Waals surface area contributed by atoms with E-state index in [1.54, 1.807) is 11.3 Å². The number of hydrogen-bond donors (Lipinski definition) is 1. The van der Waals surface area contributed by atoms with Crippen LogP contribution in [0.4, 0.5) is 0 Å². The second-order valence-electron chi connectivity index (χ2n) is 3.47. The Morgan fingerprint density at radius 3 is 2.67 bits per heavy atom. The van der Waals surface area contributed by atoms with Gasteiger partial charge in [0.15, 0.2) is 0 Å². The molecule has 1 aromatic heterocycles. The van der Waals surface area contributed by atoms with E-state index in [2.05, 4.69) is 41.4 Å². The molecule has 1 aromatic rings. The van der Waals surface area contributed by atoms with Crippen molar-refractivity contribution in [3.8, 4) is 0 Å². The molecule has 0 aliphatic rings. The fourth-order valence-electron chi connectivity index (χ4n) is 1.39. The lowest BCUT2D eigenvalue weighted by Crippen LogP contribution is -2.22. The van der Waals surface area contributed by atoms with Crippen LogP contribution in [0.2, 0.25) is 0 Å². The lowest BCUT2D eigenvalue weighted by molar-refractivity contribution is 0.295. The summed E-state index contributed by atoms with van der Waals surface area (Å²) < 4.78 is 0. The Hall–Kier alpha value is -0.450. The first-order chi connectivity index (χ1) is 7.30. The average molecular weight is 227 g/mol. The summed E-state index contributed by atoms with van der Waals surface area (Å²) in [6.45, 7) is 11.6. The zero-order chi connectivity index (χ0) is 11.1. The average Bonchev–Trinajstić information content (AvgIpc) is 2.70. The maximum Gasteiger partial charge on any atom is 0.107 e. The van der Waals surface area contributed by atoms with E-state index in [0.717, 1.165) is 32.7 Å². The first-order valence-electron chi connectivity index (χ1n) is 5.66. The van der Waals surface area contributed by atoms with Gasteiger partial charge in [-0.15, -0.1) is 11.3 Å². The highest BCUT2D eigenvalue weighted by molar-refractivity contribution is 7.09. The van der Waals surface area contributed by atoms with E-state index in [1.165, 1.54) is 10.7 Å². The number of thiazole rings is 1. The van der Waals surface area contributed by atoms with E-state index in [0.29, 0.717) is 0 Å². The zero-order valence-corrected chi connectivity index (χ0v) is 10.7. The Labute approximate surface area is 96.5 Å². The third kappa shape index (κ3) is 4.28. The Bertz CT molecular complexity index is 269. The molecule has 0 fully saturated rings. The van der Waals surface area contributed by atoms with Gasteiger partial charge < -0.3 is 5.32 Å². The Morgan fingerprint density at radius 2 is 2.07 bits per heavy atom. The van der Waals surface area contributed by atoms with Crippen LogP contribution >= 0.6 is 11.3 Å². The Morgan fingerprint density at radius 1 is 1.33 bits per heavy atom. The molecular formula is C11H21N3S. The van der Waals surface area contributed by atoms with Crippen LogP contribution in [0.5, 0.6) is 0 Å². The van der Waals surface area contributed by atoms with Crippen LogP contribution in [0.15, 0.2) is 5.38 Å².